The highest BCUT2D eigenvalue weighted by Gasteiger charge is 2.42. The number of ether oxygens (including phenoxy) is 2. The van der Waals surface area contributed by atoms with Gasteiger partial charge in [0.25, 0.3) is 0 Å². The number of nitrogens with zero attached hydrogens (tertiary/aromatic N) is 4. The van der Waals surface area contributed by atoms with Crippen LogP contribution in [-0.4, -0.2) is 83.2 Å². The van der Waals surface area contributed by atoms with Crippen molar-refractivity contribution in [3.8, 4) is 22.4 Å². The summed E-state index contributed by atoms with van der Waals surface area (Å²) in [7, 11) is 0. The van der Waals surface area contributed by atoms with Crippen molar-refractivity contribution in [2.75, 3.05) is 56.2 Å². The molecule has 12 heteroatoms. The molecule has 0 atom stereocenters. The maximum absolute atomic E-state index is 13.9. The summed E-state index contributed by atoms with van der Waals surface area (Å²) in [5, 5.41) is 20.5. The molecule has 8 rings (SSSR count). The standard InChI is InChI=1S/C38H39N7O5/c46-24-45-33(21-31-34(40-23-41-35(31)45)44-17-19-49-20-18-44)25-9-11-26(12-10-25)42-36(47)38(13-15-39-16-14-38)43-37(48)50-22-32-29-7-3-1-5-27(29)28-6-2-4-8-30(28)32/h1-12,21,23,32,39,46H,13-20,22,24H2,(H,42,47)(H,43,48). The van der Waals surface area contributed by atoms with Crippen LogP contribution in [0.2, 0.25) is 0 Å². The fourth-order valence-electron chi connectivity index (χ4n) is 7.53. The van der Waals surface area contributed by atoms with Crippen LogP contribution in [0, 0.1) is 0 Å². The summed E-state index contributed by atoms with van der Waals surface area (Å²) in [5.74, 6) is 0.439. The number of rotatable bonds is 8. The summed E-state index contributed by atoms with van der Waals surface area (Å²) in [6, 6.07) is 25.8. The number of morpholine rings is 1. The fourth-order valence-corrected chi connectivity index (χ4v) is 7.53. The van der Waals surface area contributed by atoms with Gasteiger partial charge in [-0.3, -0.25) is 4.79 Å². The van der Waals surface area contributed by atoms with Crippen LogP contribution in [0.5, 0.6) is 0 Å². The van der Waals surface area contributed by atoms with Gasteiger partial charge in [0.15, 0.2) is 0 Å². The van der Waals surface area contributed by atoms with Crippen molar-refractivity contribution in [2.24, 2.45) is 0 Å². The molecule has 0 saturated carbocycles. The lowest BCUT2D eigenvalue weighted by atomic mass is 9.87. The first-order chi connectivity index (χ1) is 24.5. The Balaban J connectivity index is 0.974. The van der Waals surface area contributed by atoms with Crippen molar-refractivity contribution in [2.45, 2.75) is 31.0 Å². The number of aliphatic hydroxyl groups is 1. The van der Waals surface area contributed by atoms with Crippen LogP contribution >= 0.6 is 0 Å². The maximum atomic E-state index is 13.9. The number of carbonyl (C=O) groups excluding carboxylic acids is 2. The number of benzene rings is 3. The molecule has 0 bridgehead atoms. The van der Waals surface area contributed by atoms with Crippen molar-refractivity contribution in [3.05, 3.63) is 96.3 Å². The van der Waals surface area contributed by atoms with Gasteiger partial charge in [0, 0.05) is 24.7 Å². The lowest BCUT2D eigenvalue weighted by Gasteiger charge is -2.36. The van der Waals surface area contributed by atoms with Gasteiger partial charge < -0.3 is 40.0 Å². The van der Waals surface area contributed by atoms with E-state index in [1.807, 2.05) is 54.6 Å². The number of aromatic nitrogens is 3. The Morgan fingerprint density at radius 1 is 0.940 bits per heavy atom. The molecule has 1 aliphatic carbocycles. The Morgan fingerprint density at radius 2 is 1.62 bits per heavy atom. The van der Waals surface area contributed by atoms with Crippen molar-refractivity contribution in [1.82, 2.24) is 25.2 Å². The van der Waals surface area contributed by atoms with E-state index >= 15 is 0 Å². The number of piperidine rings is 1. The highest BCUT2D eigenvalue weighted by Crippen LogP contribution is 2.44. The maximum Gasteiger partial charge on any atom is 0.408 e. The molecule has 0 radical (unpaired) electrons. The van der Waals surface area contributed by atoms with E-state index in [9.17, 15) is 14.7 Å². The molecule has 2 aliphatic heterocycles. The van der Waals surface area contributed by atoms with Gasteiger partial charge in [-0.1, -0.05) is 60.7 Å². The Morgan fingerprint density at radius 3 is 2.30 bits per heavy atom. The second kappa shape index (κ2) is 13.5. The summed E-state index contributed by atoms with van der Waals surface area (Å²) in [5.41, 5.74) is 6.29. The monoisotopic (exact) mass is 673 g/mol. The number of anilines is 2. The fraction of sp³-hybridized carbons (Fsp3) is 0.316. The molecular weight excluding hydrogens is 634 g/mol. The topological polar surface area (TPSA) is 143 Å². The molecule has 3 aliphatic rings. The molecule has 0 unspecified atom stereocenters. The number of aliphatic hydroxyl groups excluding tert-OH is 1. The number of hydrogen-bond donors (Lipinski definition) is 4. The summed E-state index contributed by atoms with van der Waals surface area (Å²) in [6.07, 6.45) is 1.75. The number of alkyl carbamates (subject to hydrolysis) is 1. The molecule has 12 nitrogen and oxygen atoms in total. The average molecular weight is 674 g/mol. The van der Waals surface area contributed by atoms with E-state index in [4.69, 9.17) is 9.47 Å². The minimum atomic E-state index is -1.13. The van der Waals surface area contributed by atoms with Crippen LogP contribution in [0.4, 0.5) is 16.3 Å². The van der Waals surface area contributed by atoms with Crippen molar-refractivity contribution < 1.29 is 24.2 Å². The Kier molecular flexibility index (Phi) is 8.65. The second-order valence-electron chi connectivity index (χ2n) is 12.9. The highest BCUT2D eigenvalue weighted by molar-refractivity contribution is 6.00. The zero-order valence-electron chi connectivity index (χ0n) is 27.6. The van der Waals surface area contributed by atoms with Gasteiger partial charge in [0.05, 0.1) is 24.3 Å². The number of nitrogens with one attached hydrogen (secondary N) is 3. The summed E-state index contributed by atoms with van der Waals surface area (Å²) in [6.45, 7) is 3.79. The van der Waals surface area contributed by atoms with E-state index in [1.54, 1.807) is 4.57 Å². The third kappa shape index (κ3) is 5.85. The second-order valence-corrected chi connectivity index (χ2v) is 12.9. The van der Waals surface area contributed by atoms with E-state index in [0.717, 1.165) is 57.8 Å². The van der Waals surface area contributed by atoms with E-state index in [1.165, 1.54) is 6.33 Å². The van der Waals surface area contributed by atoms with Gasteiger partial charge in [0.2, 0.25) is 5.91 Å². The van der Waals surface area contributed by atoms with E-state index < -0.39 is 11.6 Å². The van der Waals surface area contributed by atoms with Crippen LogP contribution in [-0.2, 0) is 21.0 Å². The minimum Gasteiger partial charge on any atom is -0.449 e. The van der Waals surface area contributed by atoms with E-state index in [-0.39, 0.29) is 25.2 Å². The predicted molar refractivity (Wildman–Crippen MR) is 190 cm³/mol. The molecule has 5 aromatic rings. The minimum absolute atomic E-state index is 0.0769. The molecule has 2 saturated heterocycles. The third-order valence-electron chi connectivity index (χ3n) is 10.1. The molecular formula is C38H39N7O5. The normalized spacial score (nSPS) is 16.9. The molecule has 2 aromatic heterocycles. The zero-order valence-corrected chi connectivity index (χ0v) is 27.6. The Hall–Kier alpha value is -5.30. The summed E-state index contributed by atoms with van der Waals surface area (Å²) >= 11 is 0. The Labute approximate surface area is 289 Å². The average Bonchev–Trinajstić information content (AvgIpc) is 3.70. The van der Waals surface area contributed by atoms with E-state index in [0.29, 0.717) is 50.5 Å². The van der Waals surface area contributed by atoms with Gasteiger partial charge in [-0.05, 0) is 71.9 Å². The number of fused-ring (bicyclic) bond motifs is 4. The van der Waals surface area contributed by atoms with Gasteiger partial charge >= 0.3 is 6.09 Å². The largest absolute Gasteiger partial charge is 0.449 e. The van der Waals surface area contributed by atoms with Gasteiger partial charge in [-0.2, -0.15) is 0 Å². The summed E-state index contributed by atoms with van der Waals surface area (Å²) < 4.78 is 13.1. The molecule has 2 fully saturated rings. The third-order valence-corrected chi connectivity index (χ3v) is 10.1. The van der Waals surface area contributed by atoms with Crippen LogP contribution in [0.15, 0.2) is 85.2 Å². The zero-order chi connectivity index (χ0) is 34.1. The van der Waals surface area contributed by atoms with Crippen molar-refractivity contribution >= 4 is 34.5 Å². The molecule has 256 valence electrons. The van der Waals surface area contributed by atoms with Crippen LogP contribution in [0.25, 0.3) is 33.4 Å². The van der Waals surface area contributed by atoms with Crippen molar-refractivity contribution in [3.63, 3.8) is 0 Å². The number of amides is 2. The number of carbonyl (C=O) groups is 2. The van der Waals surface area contributed by atoms with Gasteiger partial charge in [-0.25, -0.2) is 14.8 Å². The summed E-state index contributed by atoms with van der Waals surface area (Å²) in [4.78, 5) is 38.4. The van der Waals surface area contributed by atoms with E-state index in [2.05, 4.69) is 55.1 Å². The molecule has 4 heterocycles. The Bertz CT molecular complexity index is 1990. The predicted octanol–water partition coefficient (Wildman–Crippen LogP) is 4.48. The first kappa shape index (κ1) is 31.9. The van der Waals surface area contributed by atoms with Crippen LogP contribution < -0.4 is 20.9 Å². The van der Waals surface area contributed by atoms with Crippen molar-refractivity contribution in [1.29, 1.82) is 0 Å². The molecule has 2 amide bonds. The van der Waals surface area contributed by atoms with Crippen LogP contribution in [0.3, 0.4) is 0 Å². The number of hydrogen-bond acceptors (Lipinski definition) is 9. The first-order valence-corrected chi connectivity index (χ1v) is 17.1. The van der Waals surface area contributed by atoms with Gasteiger partial charge in [-0.15, -0.1) is 0 Å². The molecule has 3 aromatic carbocycles. The quantitative estimate of drug-likeness (QED) is 0.188. The first-order valence-electron chi connectivity index (χ1n) is 17.1. The van der Waals surface area contributed by atoms with Crippen LogP contribution in [0.1, 0.15) is 29.9 Å². The smallest absolute Gasteiger partial charge is 0.408 e. The lowest BCUT2D eigenvalue weighted by molar-refractivity contribution is -0.123. The lowest BCUT2D eigenvalue weighted by Crippen LogP contribution is -2.61. The molecule has 4 N–H and O–H groups in total. The molecule has 0 spiro atoms. The molecule has 50 heavy (non-hydrogen) atoms. The SMILES string of the molecule is O=C(NC1(C(=O)Nc2ccc(-c3cc4c(N5CCOCC5)ncnc4n3CO)cc2)CCNCC1)OCC1c2ccccc2-c2ccccc21. The highest BCUT2D eigenvalue weighted by atomic mass is 16.5. The van der Waals surface area contributed by atoms with Gasteiger partial charge in [0.1, 0.15) is 36.7 Å².